The maximum atomic E-state index is 11.8. The Labute approximate surface area is 120 Å². The summed E-state index contributed by atoms with van der Waals surface area (Å²) in [5.74, 6) is -0.0692. The van der Waals surface area contributed by atoms with Crippen LogP contribution in [0, 0.1) is 0 Å². The van der Waals surface area contributed by atoms with Crippen LogP contribution in [0.5, 0.6) is 0 Å². The minimum absolute atomic E-state index is 0.0692. The molecule has 1 atom stereocenters. The summed E-state index contributed by atoms with van der Waals surface area (Å²) in [4.78, 5) is 15.4. The number of alkyl halides is 3. The molecule has 0 aromatic rings. The molecule has 1 amide bonds. The van der Waals surface area contributed by atoms with Crippen LogP contribution in [0.25, 0.3) is 0 Å². The third-order valence-electron chi connectivity index (χ3n) is 2.43. The van der Waals surface area contributed by atoms with Crippen molar-refractivity contribution in [1.29, 1.82) is 0 Å². The Morgan fingerprint density at radius 3 is 2.19 bits per heavy atom. The van der Waals surface area contributed by atoms with Crippen LogP contribution in [0.2, 0.25) is 0 Å². The maximum Gasteiger partial charge on any atom is 0.261 e. The molecule has 0 aromatic heterocycles. The molecule has 1 aliphatic rings. The molecule has 1 heterocycles. The van der Waals surface area contributed by atoms with Gasteiger partial charge in [-0.3, -0.25) is 9.69 Å². The largest absolute Gasteiger partial charge is 0.375 e. The first-order valence-corrected chi connectivity index (χ1v) is 7.15. The van der Waals surface area contributed by atoms with E-state index in [2.05, 4.69) is 54.4 Å². The Balaban J connectivity index is 2.49. The van der Waals surface area contributed by atoms with Gasteiger partial charge in [-0.15, -0.1) is 0 Å². The van der Waals surface area contributed by atoms with E-state index in [-0.39, 0.29) is 5.91 Å². The van der Waals surface area contributed by atoms with Crippen molar-refractivity contribution >= 4 is 53.7 Å². The zero-order valence-electron chi connectivity index (χ0n) is 8.57. The maximum absolute atomic E-state index is 11.8. The van der Waals surface area contributed by atoms with E-state index in [1.54, 1.807) is 4.90 Å². The van der Waals surface area contributed by atoms with Gasteiger partial charge in [0, 0.05) is 26.2 Å². The number of carbonyl (C=O) groups is 1. The van der Waals surface area contributed by atoms with Gasteiger partial charge in [-0.05, 0) is 53.9 Å². The summed E-state index contributed by atoms with van der Waals surface area (Å²) < 4.78 is -0.883. The van der Waals surface area contributed by atoms with Crippen molar-refractivity contribution in [2.45, 2.75) is 8.37 Å². The minimum atomic E-state index is -0.883. The lowest BCUT2D eigenvalue weighted by Crippen LogP contribution is -2.53. The molecule has 0 bridgehead atoms. The molecule has 92 valence electrons. The Morgan fingerprint density at radius 1 is 1.31 bits per heavy atom. The predicted octanol–water partition coefficient (Wildman–Crippen LogP) is 1.47. The van der Waals surface area contributed by atoms with E-state index >= 15 is 0 Å². The number of nitrogens with zero attached hydrogens (tertiary/aromatic N) is 2. The topological polar surface area (TPSA) is 43.8 Å². The van der Waals surface area contributed by atoms with E-state index in [4.69, 9.17) is 0 Å². The molecule has 1 unspecified atom stereocenters. The fourth-order valence-corrected chi connectivity index (χ4v) is 2.27. The summed E-state index contributed by atoms with van der Waals surface area (Å²) in [6, 6.07) is 0. The molecular formula is C9H13Br3N2O2. The monoisotopic (exact) mass is 418 g/mol. The van der Waals surface area contributed by atoms with Crippen LogP contribution < -0.4 is 0 Å². The van der Waals surface area contributed by atoms with Crippen molar-refractivity contribution < 1.29 is 9.90 Å². The van der Waals surface area contributed by atoms with Crippen molar-refractivity contribution in [2.24, 2.45) is 0 Å². The smallest absolute Gasteiger partial charge is 0.261 e. The SMILES string of the molecule is C=CC(O)N1CCN(C(=O)C(Br)(Br)Br)CC1. The number of hydrogen-bond acceptors (Lipinski definition) is 3. The van der Waals surface area contributed by atoms with Gasteiger partial charge in [0.05, 0.1) is 0 Å². The molecule has 0 spiro atoms. The van der Waals surface area contributed by atoms with Crippen LogP contribution in [0.4, 0.5) is 0 Å². The molecule has 0 radical (unpaired) electrons. The standard InChI is InChI=1S/C9H13Br3N2O2/c1-2-7(15)13-3-5-14(6-4-13)8(16)9(10,11)12/h2,7,15H,1,3-6H2. The van der Waals surface area contributed by atoms with E-state index in [1.807, 2.05) is 4.90 Å². The zero-order valence-corrected chi connectivity index (χ0v) is 13.3. The predicted molar refractivity (Wildman–Crippen MR) is 73.9 cm³/mol. The molecule has 4 nitrogen and oxygen atoms in total. The molecule has 1 rings (SSSR count). The minimum Gasteiger partial charge on any atom is -0.375 e. The highest BCUT2D eigenvalue weighted by Crippen LogP contribution is 2.35. The zero-order chi connectivity index (χ0) is 12.3. The molecule has 1 aliphatic heterocycles. The summed E-state index contributed by atoms with van der Waals surface area (Å²) in [5.41, 5.74) is 0. The van der Waals surface area contributed by atoms with E-state index in [9.17, 15) is 9.90 Å². The first-order valence-electron chi connectivity index (χ1n) is 4.77. The third kappa shape index (κ3) is 3.80. The van der Waals surface area contributed by atoms with Crippen LogP contribution in [-0.2, 0) is 4.79 Å². The van der Waals surface area contributed by atoms with Gasteiger partial charge in [-0.1, -0.05) is 6.58 Å². The van der Waals surface area contributed by atoms with Crippen LogP contribution in [0.15, 0.2) is 12.7 Å². The molecule has 1 saturated heterocycles. The Bertz CT molecular complexity index is 272. The second-order valence-corrected chi connectivity index (χ2v) is 10.2. The van der Waals surface area contributed by atoms with Crippen LogP contribution in [0.3, 0.4) is 0 Å². The van der Waals surface area contributed by atoms with Crippen molar-refractivity contribution in [3.63, 3.8) is 0 Å². The Morgan fingerprint density at radius 2 is 1.81 bits per heavy atom. The lowest BCUT2D eigenvalue weighted by Gasteiger charge is -2.37. The van der Waals surface area contributed by atoms with E-state index in [0.29, 0.717) is 26.2 Å². The molecule has 0 aliphatic carbocycles. The quantitative estimate of drug-likeness (QED) is 0.543. The van der Waals surface area contributed by atoms with E-state index in [1.165, 1.54) is 6.08 Å². The fourth-order valence-electron chi connectivity index (χ4n) is 1.52. The van der Waals surface area contributed by atoms with Gasteiger partial charge in [0.15, 0.2) is 0 Å². The van der Waals surface area contributed by atoms with Gasteiger partial charge < -0.3 is 10.0 Å². The van der Waals surface area contributed by atoms with Gasteiger partial charge in [0.25, 0.3) is 5.91 Å². The van der Waals surface area contributed by atoms with E-state index in [0.717, 1.165) is 0 Å². The van der Waals surface area contributed by atoms with Gasteiger partial charge >= 0.3 is 0 Å². The molecule has 0 saturated carbocycles. The summed E-state index contributed by atoms with van der Waals surface area (Å²) in [6.07, 6.45) is 0.861. The lowest BCUT2D eigenvalue weighted by atomic mass is 10.3. The first-order chi connectivity index (χ1) is 7.36. The van der Waals surface area contributed by atoms with Crippen LogP contribution in [0.1, 0.15) is 0 Å². The Hall–Kier alpha value is 0.570. The highest BCUT2D eigenvalue weighted by molar-refractivity contribution is 9.40. The number of carbonyl (C=O) groups excluding carboxylic acids is 1. The number of hydrogen-bond donors (Lipinski definition) is 1. The lowest BCUT2D eigenvalue weighted by molar-refractivity contribution is -0.132. The third-order valence-corrected chi connectivity index (χ3v) is 3.45. The van der Waals surface area contributed by atoms with E-state index < -0.39 is 8.37 Å². The van der Waals surface area contributed by atoms with Crippen molar-refractivity contribution in [2.75, 3.05) is 26.2 Å². The Kier molecular flexibility index (Phi) is 5.44. The summed E-state index contributed by atoms with van der Waals surface area (Å²) in [6.45, 7) is 6.00. The fraction of sp³-hybridized carbons (Fsp3) is 0.667. The average molecular weight is 421 g/mol. The molecule has 1 fully saturated rings. The number of rotatable bonds is 2. The van der Waals surface area contributed by atoms with Crippen LogP contribution >= 0.6 is 47.8 Å². The molecule has 0 aromatic carbocycles. The normalized spacial score (nSPS) is 20.6. The van der Waals surface area contributed by atoms with Gasteiger partial charge in [-0.25, -0.2) is 0 Å². The number of halogens is 3. The molecule has 16 heavy (non-hydrogen) atoms. The highest BCUT2D eigenvalue weighted by Gasteiger charge is 2.35. The van der Waals surface area contributed by atoms with Crippen molar-refractivity contribution in [3.05, 3.63) is 12.7 Å². The summed E-state index contributed by atoms with van der Waals surface area (Å²) >= 11 is 9.60. The highest BCUT2D eigenvalue weighted by atomic mass is 80.0. The van der Waals surface area contributed by atoms with Crippen molar-refractivity contribution in [1.82, 2.24) is 9.80 Å². The average Bonchev–Trinajstić information content (AvgIpc) is 2.26. The number of aliphatic hydroxyl groups is 1. The van der Waals surface area contributed by atoms with Crippen LogP contribution in [-0.4, -0.2) is 55.4 Å². The first kappa shape index (κ1) is 14.6. The molecule has 7 heteroatoms. The van der Waals surface area contributed by atoms with Gasteiger partial charge in [0.1, 0.15) is 6.23 Å². The second-order valence-electron chi connectivity index (χ2n) is 3.48. The molecular weight excluding hydrogens is 408 g/mol. The summed E-state index contributed by atoms with van der Waals surface area (Å²) in [7, 11) is 0. The number of amides is 1. The van der Waals surface area contributed by atoms with Gasteiger partial charge in [0.2, 0.25) is 2.14 Å². The number of aliphatic hydroxyl groups excluding tert-OH is 1. The van der Waals surface area contributed by atoms with Crippen molar-refractivity contribution in [3.8, 4) is 0 Å². The molecule has 1 N–H and O–H groups in total. The van der Waals surface area contributed by atoms with Gasteiger partial charge in [-0.2, -0.15) is 0 Å². The second kappa shape index (κ2) is 5.95. The number of piperazine rings is 1. The summed E-state index contributed by atoms with van der Waals surface area (Å²) in [5, 5.41) is 9.54.